The summed E-state index contributed by atoms with van der Waals surface area (Å²) in [7, 11) is 1.65. The van der Waals surface area contributed by atoms with Crippen LogP contribution in [0, 0.1) is 6.92 Å². The maximum absolute atomic E-state index is 12.5. The van der Waals surface area contributed by atoms with Crippen molar-refractivity contribution in [2.75, 3.05) is 25.2 Å². The molecule has 2 aromatic carbocycles. The highest BCUT2D eigenvalue weighted by atomic mass is 16.5. The Morgan fingerprint density at radius 1 is 1.17 bits per heavy atom. The molecule has 2 aliphatic rings. The molecule has 0 unspecified atom stereocenters. The number of nitrogens with zero attached hydrogens (tertiary/aromatic N) is 1. The minimum absolute atomic E-state index is 0.0415. The van der Waals surface area contributed by atoms with Gasteiger partial charge in [-0.1, -0.05) is 50.6 Å². The van der Waals surface area contributed by atoms with Gasteiger partial charge in [0.25, 0.3) is 0 Å². The third-order valence-electron chi connectivity index (χ3n) is 6.29. The number of methoxy groups -OCH3 is 1. The largest absolute Gasteiger partial charge is 0.493 e. The summed E-state index contributed by atoms with van der Waals surface area (Å²) in [5, 5.41) is 3.27. The van der Waals surface area contributed by atoms with Gasteiger partial charge in [0.2, 0.25) is 5.91 Å². The van der Waals surface area contributed by atoms with Gasteiger partial charge in [-0.2, -0.15) is 0 Å². The number of aryl methyl sites for hydroxylation is 1. The van der Waals surface area contributed by atoms with Gasteiger partial charge in [-0.15, -0.1) is 0 Å². The van der Waals surface area contributed by atoms with E-state index < -0.39 is 5.66 Å². The number of hydrogen-bond donors (Lipinski definition) is 1. The van der Waals surface area contributed by atoms with Crippen LogP contribution in [-0.4, -0.2) is 31.8 Å². The Morgan fingerprint density at radius 3 is 2.70 bits per heavy atom. The molecule has 0 radical (unpaired) electrons. The molecule has 1 amide bonds. The Labute approximate surface area is 178 Å². The van der Waals surface area contributed by atoms with Crippen molar-refractivity contribution in [2.45, 2.75) is 45.2 Å². The number of anilines is 1. The molecule has 0 spiro atoms. The Bertz CT molecular complexity index is 1010. The number of rotatable bonds is 6. The molecule has 30 heavy (non-hydrogen) atoms. The molecule has 0 saturated carbocycles. The number of amides is 1. The quantitative estimate of drug-likeness (QED) is 0.771. The molecular formula is C25H30N2O3. The van der Waals surface area contributed by atoms with Crippen molar-refractivity contribution in [3.05, 3.63) is 59.2 Å². The zero-order valence-corrected chi connectivity index (χ0v) is 18.4. The van der Waals surface area contributed by atoms with Crippen LogP contribution < -0.4 is 19.7 Å². The van der Waals surface area contributed by atoms with Gasteiger partial charge in [-0.3, -0.25) is 4.79 Å². The Morgan fingerprint density at radius 2 is 1.97 bits per heavy atom. The number of benzene rings is 2. The Kier molecular flexibility index (Phi) is 5.00. The molecule has 1 atom stereocenters. The predicted molar refractivity (Wildman–Crippen MR) is 120 cm³/mol. The lowest BCUT2D eigenvalue weighted by Crippen LogP contribution is -2.58. The first-order valence-corrected chi connectivity index (χ1v) is 10.5. The van der Waals surface area contributed by atoms with E-state index in [1.165, 1.54) is 11.1 Å². The number of ether oxygens (including phenoxy) is 2. The fraction of sp³-hybridized carbons (Fsp3) is 0.400. The van der Waals surface area contributed by atoms with Crippen molar-refractivity contribution in [3.63, 3.8) is 0 Å². The zero-order chi connectivity index (χ0) is 21.5. The van der Waals surface area contributed by atoms with Gasteiger partial charge in [0, 0.05) is 11.1 Å². The molecule has 0 bridgehead atoms. The van der Waals surface area contributed by atoms with Gasteiger partial charge in [-0.05, 0) is 48.7 Å². The van der Waals surface area contributed by atoms with E-state index in [-0.39, 0.29) is 11.3 Å². The molecule has 0 aliphatic carbocycles. The van der Waals surface area contributed by atoms with Crippen LogP contribution in [0.4, 0.5) is 5.69 Å². The minimum atomic E-state index is -0.606. The second kappa shape index (κ2) is 7.38. The van der Waals surface area contributed by atoms with Crippen molar-refractivity contribution in [2.24, 2.45) is 0 Å². The SMILES string of the molecule is CCCOc1ccc(/C=C/[C@]23NC(=O)CN2c2ccc(C)cc2C3(C)C)cc1OC. The molecule has 1 N–H and O–H groups in total. The highest BCUT2D eigenvalue weighted by Gasteiger charge is 2.59. The van der Waals surface area contributed by atoms with E-state index in [1.54, 1.807) is 7.11 Å². The molecular weight excluding hydrogens is 376 g/mol. The average Bonchev–Trinajstić information content (AvgIpc) is 3.15. The highest BCUT2D eigenvalue weighted by molar-refractivity contribution is 5.91. The summed E-state index contributed by atoms with van der Waals surface area (Å²) >= 11 is 0. The van der Waals surface area contributed by atoms with Crippen molar-refractivity contribution in [3.8, 4) is 11.5 Å². The number of carbonyl (C=O) groups excluding carboxylic acids is 1. The number of nitrogens with one attached hydrogen (secondary N) is 1. The lowest BCUT2D eigenvalue weighted by atomic mass is 9.75. The standard InChI is InChI=1S/C25H30N2O3/c1-6-13-30-21-10-8-18(15-22(21)29-5)11-12-25-24(3,4)19-14-17(2)7-9-20(19)27(25)16-23(28)26-25/h7-12,14-15H,6,13,16H2,1-5H3,(H,26,28)/b12-11+/t25-/m0/s1. The summed E-state index contributed by atoms with van der Waals surface area (Å²) in [5.74, 6) is 1.49. The fourth-order valence-electron chi connectivity index (χ4n) is 4.62. The van der Waals surface area contributed by atoms with E-state index in [0.717, 1.165) is 23.4 Å². The molecule has 5 heteroatoms. The predicted octanol–water partition coefficient (Wildman–Crippen LogP) is 4.43. The van der Waals surface area contributed by atoms with Gasteiger partial charge in [-0.25, -0.2) is 0 Å². The van der Waals surface area contributed by atoms with Crippen molar-refractivity contribution in [1.82, 2.24) is 5.32 Å². The third kappa shape index (κ3) is 3.04. The first-order chi connectivity index (χ1) is 14.3. The summed E-state index contributed by atoms with van der Waals surface area (Å²) in [6.07, 6.45) is 5.12. The number of hydrogen-bond acceptors (Lipinski definition) is 4. The first-order valence-electron chi connectivity index (χ1n) is 10.5. The normalized spacial score (nSPS) is 21.5. The van der Waals surface area contributed by atoms with E-state index in [2.05, 4.69) is 68.3 Å². The van der Waals surface area contributed by atoms with Gasteiger partial charge in [0.1, 0.15) is 5.66 Å². The van der Waals surface area contributed by atoms with Crippen molar-refractivity contribution in [1.29, 1.82) is 0 Å². The Hall–Kier alpha value is -2.95. The van der Waals surface area contributed by atoms with Gasteiger partial charge in [0.05, 0.1) is 20.3 Å². The second-order valence-corrected chi connectivity index (χ2v) is 8.64. The third-order valence-corrected chi connectivity index (χ3v) is 6.29. The highest BCUT2D eigenvalue weighted by Crippen LogP contribution is 2.53. The zero-order valence-electron chi connectivity index (χ0n) is 18.4. The average molecular weight is 407 g/mol. The minimum Gasteiger partial charge on any atom is -0.493 e. The molecule has 4 rings (SSSR count). The van der Waals surface area contributed by atoms with Gasteiger partial charge < -0.3 is 19.7 Å². The number of carbonyl (C=O) groups is 1. The van der Waals surface area contributed by atoms with E-state index in [0.29, 0.717) is 18.9 Å². The molecule has 158 valence electrons. The van der Waals surface area contributed by atoms with Crippen LogP contribution in [0.2, 0.25) is 0 Å². The molecule has 5 nitrogen and oxygen atoms in total. The Balaban J connectivity index is 1.72. The summed E-state index contributed by atoms with van der Waals surface area (Å²) in [5.41, 5.74) is 3.70. The smallest absolute Gasteiger partial charge is 0.241 e. The van der Waals surface area contributed by atoms with Crippen molar-refractivity contribution >= 4 is 17.7 Å². The van der Waals surface area contributed by atoms with Gasteiger partial charge >= 0.3 is 0 Å². The molecule has 0 aromatic heterocycles. The fourth-order valence-corrected chi connectivity index (χ4v) is 4.62. The molecule has 2 aliphatic heterocycles. The van der Waals surface area contributed by atoms with Crippen LogP contribution in [0.3, 0.4) is 0 Å². The van der Waals surface area contributed by atoms with Crippen LogP contribution in [0.25, 0.3) is 6.08 Å². The summed E-state index contributed by atoms with van der Waals surface area (Å²) in [6, 6.07) is 12.4. The van der Waals surface area contributed by atoms with Crippen LogP contribution in [0.15, 0.2) is 42.5 Å². The van der Waals surface area contributed by atoms with E-state index >= 15 is 0 Å². The summed E-state index contributed by atoms with van der Waals surface area (Å²) < 4.78 is 11.3. The monoisotopic (exact) mass is 406 g/mol. The second-order valence-electron chi connectivity index (χ2n) is 8.64. The van der Waals surface area contributed by atoms with Crippen LogP contribution >= 0.6 is 0 Å². The molecule has 1 saturated heterocycles. The van der Waals surface area contributed by atoms with Gasteiger partial charge in [0.15, 0.2) is 11.5 Å². The molecule has 1 fully saturated rings. The lowest BCUT2D eigenvalue weighted by molar-refractivity contribution is -0.118. The van der Waals surface area contributed by atoms with E-state index in [1.807, 2.05) is 18.2 Å². The molecule has 2 heterocycles. The van der Waals surface area contributed by atoms with Crippen LogP contribution in [0.1, 0.15) is 43.9 Å². The van der Waals surface area contributed by atoms with Crippen molar-refractivity contribution < 1.29 is 14.3 Å². The van der Waals surface area contributed by atoms with Crippen LogP contribution in [-0.2, 0) is 10.2 Å². The van der Waals surface area contributed by atoms with E-state index in [4.69, 9.17) is 9.47 Å². The summed E-state index contributed by atoms with van der Waals surface area (Å²) in [4.78, 5) is 14.7. The first kappa shape index (κ1) is 20.3. The summed E-state index contributed by atoms with van der Waals surface area (Å²) in [6.45, 7) is 9.59. The lowest BCUT2D eigenvalue weighted by Gasteiger charge is -2.40. The topological polar surface area (TPSA) is 50.8 Å². The van der Waals surface area contributed by atoms with E-state index in [9.17, 15) is 4.79 Å². The maximum atomic E-state index is 12.5. The molecule has 2 aromatic rings. The number of fused-ring (bicyclic) bond motifs is 3. The maximum Gasteiger partial charge on any atom is 0.241 e. The van der Waals surface area contributed by atoms with Crippen LogP contribution in [0.5, 0.6) is 11.5 Å².